The van der Waals surface area contributed by atoms with E-state index in [1.807, 2.05) is 13.0 Å². The molecule has 2 aromatic heterocycles. The summed E-state index contributed by atoms with van der Waals surface area (Å²) in [4.78, 5) is 22.5. The average molecular weight is 359 g/mol. The van der Waals surface area contributed by atoms with Gasteiger partial charge in [-0.3, -0.25) is 4.79 Å². The Hall–Kier alpha value is -2.68. The molecule has 26 heavy (non-hydrogen) atoms. The van der Waals surface area contributed by atoms with Crippen molar-refractivity contribution in [3.05, 3.63) is 29.8 Å². The number of rotatable bonds is 7. The van der Waals surface area contributed by atoms with Crippen LogP contribution >= 0.6 is 0 Å². The second-order valence-electron chi connectivity index (χ2n) is 6.50. The fraction of sp³-hybridized carbons (Fsp3) is 0.529. The maximum absolute atomic E-state index is 12.3. The van der Waals surface area contributed by atoms with Crippen LogP contribution in [0.1, 0.15) is 23.7 Å². The van der Waals surface area contributed by atoms with E-state index in [0.717, 1.165) is 30.2 Å². The SMILES string of the molecule is Cc1cc(N)n(CC(=O)N(C)CCNc2cc([C@@H]3CCOC3)ncn2)n1. The number of aromatic nitrogens is 4. The lowest BCUT2D eigenvalue weighted by Gasteiger charge is -2.18. The van der Waals surface area contributed by atoms with Gasteiger partial charge in [-0.1, -0.05) is 0 Å². The molecular weight excluding hydrogens is 334 g/mol. The molecule has 0 unspecified atom stereocenters. The summed E-state index contributed by atoms with van der Waals surface area (Å²) >= 11 is 0. The molecule has 140 valence electrons. The quantitative estimate of drug-likeness (QED) is 0.746. The summed E-state index contributed by atoms with van der Waals surface area (Å²) in [6.45, 7) is 4.61. The minimum Gasteiger partial charge on any atom is -0.384 e. The Morgan fingerprint density at radius 3 is 3.00 bits per heavy atom. The fourth-order valence-corrected chi connectivity index (χ4v) is 2.88. The van der Waals surface area contributed by atoms with Crippen LogP contribution in [0.15, 0.2) is 18.5 Å². The van der Waals surface area contributed by atoms with Crippen molar-refractivity contribution >= 4 is 17.5 Å². The molecular formula is C17H25N7O2. The van der Waals surface area contributed by atoms with Crippen LogP contribution in [0.2, 0.25) is 0 Å². The van der Waals surface area contributed by atoms with Gasteiger partial charge in [-0.2, -0.15) is 5.10 Å². The predicted molar refractivity (Wildman–Crippen MR) is 97.7 cm³/mol. The zero-order chi connectivity index (χ0) is 18.5. The van der Waals surface area contributed by atoms with E-state index in [-0.39, 0.29) is 12.5 Å². The molecule has 0 radical (unpaired) electrons. The maximum Gasteiger partial charge on any atom is 0.244 e. The Kier molecular flexibility index (Phi) is 5.67. The monoisotopic (exact) mass is 359 g/mol. The first-order chi connectivity index (χ1) is 12.5. The molecule has 0 spiro atoms. The largest absolute Gasteiger partial charge is 0.384 e. The second-order valence-corrected chi connectivity index (χ2v) is 6.50. The molecule has 0 saturated carbocycles. The van der Waals surface area contributed by atoms with Gasteiger partial charge in [-0.05, 0) is 13.3 Å². The van der Waals surface area contributed by atoms with E-state index in [0.29, 0.717) is 31.4 Å². The van der Waals surface area contributed by atoms with Gasteiger partial charge in [0.15, 0.2) is 0 Å². The molecule has 9 heteroatoms. The van der Waals surface area contributed by atoms with Crippen LogP contribution in [0.25, 0.3) is 0 Å². The summed E-state index contributed by atoms with van der Waals surface area (Å²) in [5.74, 6) is 1.54. The van der Waals surface area contributed by atoms with E-state index >= 15 is 0 Å². The standard InChI is InChI=1S/C17H25N7O2/c1-12-7-15(18)24(22-12)9-17(25)23(2)5-4-19-16-8-14(20-11-21-16)13-3-6-26-10-13/h7-8,11,13H,3-6,9-10,18H2,1-2H3,(H,19,20,21)/t13-/m1/s1. The number of aryl methyl sites for hydroxylation is 1. The van der Waals surface area contributed by atoms with Crippen molar-refractivity contribution in [3.8, 4) is 0 Å². The Morgan fingerprint density at radius 1 is 1.46 bits per heavy atom. The molecule has 0 bridgehead atoms. The highest BCUT2D eigenvalue weighted by molar-refractivity contribution is 5.76. The number of amides is 1. The van der Waals surface area contributed by atoms with Gasteiger partial charge in [0.2, 0.25) is 5.91 Å². The zero-order valence-electron chi connectivity index (χ0n) is 15.2. The summed E-state index contributed by atoms with van der Waals surface area (Å²) in [5, 5.41) is 7.45. The first kappa shape index (κ1) is 18.1. The van der Waals surface area contributed by atoms with E-state index in [2.05, 4.69) is 20.4 Å². The highest BCUT2D eigenvalue weighted by Gasteiger charge is 2.19. The van der Waals surface area contributed by atoms with Crippen LogP contribution in [-0.4, -0.2) is 63.9 Å². The molecule has 3 N–H and O–H groups in total. The van der Waals surface area contributed by atoms with Gasteiger partial charge in [0.25, 0.3) is 0 Å². The van der Waals surface area contributed by atoms with E-state index in [9.17, 15) is 4.79 Å². The third-order valence-corrected chi connectivity index (χ3v) is 4.43. The van der Waals surface area contributed by atoms with Crippen molar-refractivity contribution in [2.75, 3.05) is 44.4 Å². The summed E-state index contributed by atoms with van der Waals surface area (Å²) in [5.41, 5.74) is 7.62. The highest BCUT2D eigenvalue weighted by Crippen LogP contribution is 2.24. The van der Waals surface area contributed by atoms with Crippen LogP contribution in [-0.2, 0) is 16.1 Å². The lowest BCUT2D eigenvalue weighted by Crippen LogP contribution is -2.34. The Bertz CT molecular complexity index is 755. The summed E-state index contributed by atoms with van der Waals surface area (Å²) in [6, 6.07) is 3.70. The molecule has 1 aliphatic heterocycles. The minimum atomic E-state index is -0.0481. The number of carbonyl (C=O) groups excluding carboxylic acids is 1. The van der Waals surface area contributed by atoms with Gasteiger partial charge in [0.05, 0.1) is 18.0 Å². The number of nitrogen functional groups attached to an aromatic ring is 1. The number of nitrogens with one attached hydrogen (secondary N) is 1. The zero-order valence-corrected chi connectivity index (χ0v) is 15.2. The number of nitrogens with two attached hydrogens (primary N) is 1. The molecule has 1 atom stereocenters. The molecule has 0 aromatic carbocycles. The van der Waals surface area contributed by atoms with Crippen molar-refractivity contribution in [1.29, 1.82) is 0 Å². The van der Waals surface area contributed by atoms with Gasteiger partial charge >= 0.3 is 0 Å². The van der Waals surface area contributed by atoms with Crippen molar-refractivity contribution in [3.63, 3.8) is 0 Å². The molecule has 0 aliphatic carbocycles. The van der Waals surface area contributed by atoms with Crippen molar-refractivity contribution < 1.29 is 9.53 Å². The summed E-state index contributed by atoms with van der Waals surface area (Å²) in [6.07, 6.45) is 2.55. The average Bonchev–Trinajstić information content (AvgIpc) is 3.25. The van der Waals surface area contributed by atoms with Crippen molar-refractivity contribution in [1.82, 2.24) is 24.6 Å². The second kappa shape index (κ2) is 8.13. The molecule has 1 aliphatic rings. The number of nitrogens with zero attached hydrogens (tertiary/aromatic N) is 5. The molecule has 9 nitrogen and oxygen atoms in total. The van der Waals surface area contributed by atoms with E-state index in [4.69, 9.17) is 10.5 Å². The molecule has 2 aromatic rings. The number of hydrogen-bond donors (Lipinski definition) is 2. The Labute approximate surface area is 152 Å². The molecule has 1 saturated heterocycles. The van der Waals surface area contributed by atoms with Crippen LogP contribution in [0, 0.1) is 6.92 Å². The van der Waals surface area contributed by atoms with Crippen molar-refractivity contribution in [2.24, 2.45) is 0 Å². The third kappa shape index (κ3) is 4.48. The number of ether oxygens (including phenoxy) is 1. The summed E-state index contributed by atoms with van der Waals surface area (Å²) < 4.78 is 6.92. The van der Waals surface area contributed by atoms with Crippen LogP contribution in [0.5, 0.6) is 0 Å². The Balaban J connectivity index is 1.47. The third-order valence-electron chi connectivity index (χ3n) is 4.43. The minimum absolute atomic E-state index is 0.0481. The highest BCUT2D eigenvalue weighted by atomic mass is 16.5. The molecule has 1 fully saturated rings. The number of carbonyl (C=O) groups is 1. The number of hydrogen-bond acceptors (Lipinski definition) is 7. The van der Waals surface area contributed by atoms with Crippen molar-refractivity contribution in [2.45, 2.75) is 25.8 Å². The van der Waals surface area contributed by atoms with E-state index < -0.39 is 0 Å². The van der Waals surface area contributed by atoms with Crippen LogP contribution in [0.3, 0.4) is 0 Å². The molecule has 3 rings (SSSR count). The van der Waals surface area contributed by atoms with Gasteiger partial charge < -0.3 is 20.7 Å². The molecule has 1 amide bonds. The topological polar surface area (TPSA) is 111 Å². The van der Waals surface area contributed by atoms with Gasteiger partial charge in [-0.25, -0.2) is 14.6 Å². The maximum atomic E-state index is 12.3. The van der Waals surface area contributed by atoms with Crippen LogP contribution < -0.4 is 11.1 Å². The smallest absolute Gasteiger partial charge is 0.244 e. The van der Waals surface area contributed by atoms with E-state index in [1.165, 1.54) is 4.68 Å². The molecule has 3 heterocycles. The lowest BCUT2D eigenvalue weighted by atomic mass is 10.1. The first-order valence-electron chi connectivity index (χ1n) is 8.70. The predicted octanol–water partition coefficient (Wildman–Crippen LogP) is 0.638. The number of anilines is 2. The number of likely N-dealkylation sites (N-methyl/N-ethyl adjacent to an activating group) is 1. The lowest BCUT2D eigenvalue weighted by molar-refractivity contribution is -0.130. The summed E-state index contributed by atoms with van der Waals surface area (Å²) in [7, 11) is 1.76. The van der Waals surface area contributed by atoms with Crippen LogP contribution in [0.4, 0.5) is 11.6 Å². The first-order valence-corrected chi connectivity index (χ1v) is 8.70. The van der Waals surface area contributed by atoms with Gasteiger partial charge in [0, 0.05) is 44.8 Å². The van der Waals surface area contributed by atoms with E-state index in [1.54, 1.807) is 24.3 Å². The Morgan fingerprint density at radius 2 is 2.31 bits per heavy atom. The normalized spacial score (nSPS) is 16.6. The van der Waals surface area contributed by atoms with Gasteiger partial charge in [-0.15, -0.1) is 0 Å². The van der Waals surface area contributed by atoms with Gasteiger partial charge in [0.1, 0.15) is 24.5 Å². The fourth-order valence-electron chi connectivity index (χ4n) is 2.88.